The number of ether oxygens (including phenoxy) is 2. The predicted molar refractivity (Wildman–Crippen MR) is 132 cm³/mol. The Hall–Kier alpha value is -3.52. The largest absolute Gasteiger partial charge is 0.434 e. The molecule has 2 aromatic carbocycles. The molecule has 0 atom stereocenters. The minimum absolute atomic E-state index is 0.154. The zero-order valence-electron chi connectivity index (χ0n) is 19.7. The molecule has 1 saturated heterocycles. The van der Waals surface area contributed by atoms with Gasteiger partial charge in [0.15, 0.2) is 0 Å². The number of benzene rings is 2. The van der Waals surface area contributed by atoms with Gasteiger partial charge in [0.1, 0.15) is 24.0 Å². The first-order chi connectivity index (χ1) is 17.1. The summed E-state index contributed by atoms with van der Waals surface area (Å²) in [6.07, 6.45) is 5.61. The fourth-order valence-corrected chi connectivity index (χ4v) is 4.65. The summed E-state index contributed by atoms with van der Waals surface area (Å²) in [7, 11) is 1.61. The van der Waals surface area contributed by atoms with Crippen LogP contribution in [0.5, 0.6) is 5.75 Å². The second kappa shape index (κ2) is 10.4. The summed E-state index contributed by atoms with van der Waals surface area (Å²) in [5.74, 6) is 1.88. The summed E-state index contributed by atoms with van der Waals surface area (Å²) in [5.41, 5.74) is 4.36. The van der Waals surface area contributed by atoms with Gasteiger partial charge in [-0.1, -0.05) is 24.3 Å². The van der Waals surface area contributed by atoms with E-state index in [1.165, 1.54) is 19.3 Å². The lowest BCUT2D eigenvalue weighted by Crippen LogP contribution is -2.29. The highest BCUT2D eigenvalue weighted by atomic mass is 19.3. The van der Waals surface area contributed by atoms with Crippen LogP contribution in [0.15, 0.2) is 60.8 Å². The summed E-state index contributed by atoms with van der Waals surface area (Å²) >= 11 is 0. The molecule has 5 rings (SSSR count). The molecule has 0 aliphatic carbocycles. The van der Waals surface area contributed by atoms with Crippen LogP contribution in [0, 0.1) is 0 Å². The van der Waals surface area contributed by atoms with Gasteiger partial charge in [-0.05, 0) is 55.2 Å². The summed E-state index contributed by atoms with van der Waals surface area (Å²) in [6.45, 7) is -0.157. The Labute approximate surface area is 203 Å². The van der Waals surface area contributed by atoms with E-state index in [1.54, 1.807) is 25.3 Å². The van der Waals surface area contributed by atoms with E-state index >= 15 is 0 Å². The van der Waals surface area contributed by atoms with Gasteiger partial charge in [0.05, 0.1) is 17.6 Å². The zero-order valence-corrected chi connectivity index (χ0v) is 19.7. The number of hydrogen-bond acceptors (Lipinski definition) is 5. The van der Waals surface area contributed by atoms with Crippen LogP contribution in [0.1, 0.15) is 30.7 Å². The Kier molecular flexibility index (Phi) is 6.90. The quantitative estimate of drug-likeness (QED) is 0.316. The smallest absolute Gasteiger partial charge is 0.387 e. The molecule has 0 spiro atoms. The lowest BCUT2D eigenvalue weighted by Gasteiger charge is -2.27. The summed E-state index contributed by atoms with van der Waals surface area (Å²) in [6, 6.07) is 17.1. The van der Waals surface area contributed by atoms with E-state index in [4.69, 9.17) is 19.4 Å². The van der Waals surface area contributed by atoms with Crippen molar-refractivity contribution in [2.75, 3.05) is 25.1 Å². The van der Waals surface area contributed by atoms with Gasteiger partial charge >= 0.3 is 6.61 Å². The average Bonchev–Trinajstić information content (AvgIpc) is 3.22. The van der Waals surface area contributed by atoms with Gasteiger partial charge in [-0.3, -0.25) is 0 Å². The fraction of sp³-hybridized carbons (Fsp3) is 0.333. The second-order valence-electron chi connectivity index (χ2n) is 8.69. The first kappa shape index (κ1) is 23.2. The van der Waals surface area contributed by atoms with E-state index in [0.717, 1.165) is 41.1 Å². The summed E-state index contributed by atoms with van der Waals surface area (Å²) < 4.78 is 38.0. The van der Waals surface area contributed by atoms with Gasteiger partial charge in [-0.25, -0.2) is 9.97 Å². The summed E-state index contributed by atoms with van der Waals surface area (Å²) in [4.78, 5) is 11.8. The number of rotatable bonds is 8. The van der Waals surface area contributed by atoms with Gasteiger partial charge in [-0.15, -0.1) is 0 Å². The van der Waals surface area contributed by atoms with Crippen molar-refractivity contribution in [2.24, 2.45) is 0 Å². The Morgan fingerprint density at radius 2 is 1.77 bits per heavy atom. The van der Waals surface area contributed by atoms with Gasteiger partial charge in [0.2, 0.25) is 0 Å². The lowest BCUT2D eigenvalue weighted by molar-refractivity contribution is -0.0504. The number of piperidine rings is 1. The van der Waals surface area contributed by atoms with Gasteiger partial charge in [0.25, 0.3) is 0 Å². The number of hydrogen-bond donors (Lipinski definition) is 0. The Balaban J connectivity index is 1.49. The number of halogens is 2. The number of pyridine rings is 1. The van der Waals surface area contributed by atoms with Crippen molar-refractivity contribution < 1.29 is 18.3 Å². The first-order valence-electron chi connectivity index (χ1n) is 11.8. The van der Waals surface area contributed by atoms with Crippen molar-refractivity contribution in [1.82, 2.24) is 14.5 Å². The number of para-hydroxylation sites is 1. The molecule has 4 aromatic rings. The highest BCUT2D eigenvalue weighted by Crippen LogP contribution is 2.29. The van der Waals surface area contributed by atoms with E-state index < -0.39 is 6.61 Å². The van der Waals surface area contributed by atoms with Crippen LogP contribution in [-0.2, 0) is 17.9 Å². The predicted octanol–water partition coefficient (Wildman–Crippen LogP) is 5.88. The molecule has 0 N–H and O–H groups in total. The molecule has 1 aliphatic heterocycles. The fourth-order valence-electron chi connectivity index (χ4n) is 4.65. The van der Waals surface area contributed by atoms with E-state index in [-0.39, 0.29) is 5.75 Å². The zero-order chi connectivity index (χ0) is 24.2. The Morgan fingerprint density at radius 1 is 0.971 bits per heavy atom. The van der Waals surface area contributed by atoms with Gasteiger partial charge < -0.3 is 18.9 Å². The maximum Gasteiger partial charge on any atom is 0.387 e. The summed E-state index contributed by atoms with van der Waals surface area (Å²) in [5, 5.41) is 0. The molecule has 0 radical (unpaired) electrons. The van der Waals surface area contributed by atoms with Crippen LogP contribution in [0.25, 0.3) is 22.2 Å². The Morgan fingerprint density at radius 3 is 2.51 bits per heavy atom. The van der Waals surface area contributed by atoms with E-state index in [1.807, 2.05) is 29.0 Å². The number of methoxy groups -OCH3 is 1. The molecule has 6 nitrogen and oxygen atoms in total. The van der Waals surface area contributed by atoms with Crippen LogP contribution in [0.2, 0.25) is 0 Å². The first-order valence-corrected chi connectivity index (χ1v) is 11.8. The van der Waals surface area contributed by atoms with Crippen LogP contribution in [-0.4, -0.2) is 41.3 Å². The minimum atomic E-state index is -2.89. The van der Waals surface area contributed by atoms with Crippen molar-refractivity contribution in [3.8, 4) is 16.9 Å². The van der Waals surface area contributed by atoms with Crippen LogP contribution in [0.4, 0.5) is 14.6 Å². The standard InChI is InChI=1S/C27H28F2N4O2/c1-34-18-26-31-22-11-9-19(20-10-12-25(30-16-20)32-13-5-2-6-14-32)15-23(22)33(26)17-21-7-3-4-8-24(21)35-27(28)29/h3-4,7-12,15-16,27H,2,5-6,13-14,17-18H2,1H3. The van der Waals surface area contributed by atoms with Crippen molar-refractivity contribution in [3.63, 3.8) is 0 Å². The average molecular weight is 479 g/mol. The maximum absolute atomic E-state index is 12.9. The molecular weight excluding hydrogens is 450 g/mol. The molecule has 0 unspecified atom stereocenters. The number of nitrogens with zero attached hydrogens (tertiary/aromatic N) is 4. The SMILES string of the molecule is COCc1nc2ccc(-c3ccc(N4CCCCC4)nc3)cc2n1Cc1ccccc1OC(F)F. The number of aromatic nitrogens is 3. The van der Waals surface area contributed by atoms with Gasteiger partial charge in [-0.2, -0.15) is 8.78 Å². The molecule has 0 bridgehead atoms. The lowest BCUT2D eigenvalue weighted by atomic mass is 10.1. The monoisotopic (exact) mass is 478 g/mol. The topological polar surface area (TPSA) is 52.4 Å². The molecule has 1 fully saturated rings. The molecular formula is C27H28F2N4O2. The maximum atomic E-state index is 12.9. The van der Waals surface area contributed by atoms with Crippen molar-refractivity contribution in [1.29, 1.82) is 0 Å². The van der Waals surface area contributed by atoms with Crippen molar-refractivity contribution in [3.05, 3.63) is 72.2 Å². The molecule has 1 aliphatic rings. The minimum Gasteiger partial charge on any atom is -0.434 e. The van der Waals surface area contributed by atoms with Crippen LogP contribution >= 0.6 is 0 Å². The van der Waals surface area contributed by atoms with Crippen LogP contribution < -0.4 is 9.64 Å². The number of anilines is 1. The van der Waals surface area contributed by atoms with Crippen LogP contribution in [0.3, 0.4) is 0 Å². The third kappa shape index (κ3) is 5.12. The molecule has 0 saturated carbocycles. The highest BCUT2D eigenvalue weighted by Gasteiger charge is 2.16. The van der Waals surface area contributed by atoms with E-state index in [2.05, 4.69) is 23.1 Å². The van der Waals surface area contributed by atoms with E-state index in [9.17, 15) is 8.78 Å². The molecule has 3 heterocycles. The molecule has 8 heteroatoms. The number of alkyl halides is 2. The normalized spacial score (nSPS) is 14.1. The highest BCUT2D eigenvalue weighted by molar-refractivity contribution is 5.83. The third-order valence-corrected chi connectivity index (χ3v) is 6.38. The number of fused-ring (bicyclic) bond motifs is 1. The Bertz CT molecular complexity index is 1280. The molecule has 2 aromatic heterocycles. The third-order valence-electron chi connectivity index (χ3n) is 6.38. The van der Waals surface area contributed by atoms with E-state index in [0.29, 0.717) is 24.5 Å². The van der Waals surface area contributed by atoms with Crippen molar-refractivity contribution in [2.45, 2.75) is 39.0 Å². The second-order valence-corrected chi connectivity index (χ2v) is 8.69. The number of imidazole rings is 1. The molecule has 35 heavy (non-hydrogen) atoms. The van der Waals surface area contributed by atoms with Gasteiger partial charge in [0, 0.05) is 37.5 Å². The van der Waals surface area contributed by atoms with Crippen molar-refractivity contribution >= 4 is 16.9 Å². The molecule has 182 valence electrons. The molecule has 0 amide bonds.